The van der Waals surface area contributed by atoms with Gasteiger partial charge in [0.2, 0.25) is 5.91 Å². The molecule has 1 heterocycles. The molecular weight excluding hydrogens is 258 g/mol. The number of hydrogen-bond donors (Lipinski definition) is 2. The van der Waals surface area contributed by atoms with Crippen molar-refractivity contribution < 1.29 is 4.79 Å². The molecule has 0 bridgehead atoms. The third kappa shape index (κ3) is 3.80. The molecule has 2 aromatic rings. The van der Waals surface area contributed by atoms with E-state index in [9.17, 15) is 4.79 Å². The van der Waals surface area contributed by atoms with Gasteiger partial charge in [0.05, 0.1) is 5.75 Å². The topological polar surface area (TPSA) is 57.8 Å². The fraction of sp³-hybridized carbons (Fsp3) is 0.0909. The molecule has 0 radical (unpaired) electrons. The molecule has 1 aromatic carbocycles. The van der Waals surface area contributed by atoms with Crippen molar-refractivity contribution in [3.63, 3.8) is 0 Å². The van der Waals surface area contributed by atoms with E-state index in [-0.39, 0.29) is 5.91 Å². The van der Waals surface area contributed by atoms with Crippen molar-refractivity contribution in [2.24, 2.45) is 0 Å². The molecule has 0 spiro atoms. The number of H-pyrrole nitrogens is 1. The summed E-state index contributed by atoms with van der Waals surface area (Å²) in [6.07, 6.45) is 3.37. The Morgan fingerprint density at radius 2 is 2.18 bits per heavy atom. The van der Waals surface area contributed by atoms with Crippen molar-refractivity contribution in [3.05, 3.63) is 41.7 Å². The summed E-state index contributed by atoms with van der Waals surface area (Å²) >= 11 is 7.10. The lowest BCUT2D eigenvalue weighted by atomic mass is 10.3. The van der Waals surface area contributed by atoms with Crippen LogP contribution in [-0.2, 0) is 4.79 Å². The summed E-state index contributed by atoms with van der Waals surface area (Å²) in [7, 11) is 0. The second-order valence-corrected chi connectivity index (χ2v) is 4.64. The lowest BCUT2D eigenvalue weighted by Gasteiger charge is -2.03. The number of carbonyl (C=O) groups excluding carboxylic acids is 1. The monoisotopic (exact) mass is 267 g/mol. The van der Waals surface area contributed by atoms with Crippen LogP contribution in [0.4, 0.5) is 5.69 Å². The van der Waals surface area contributed by atoms with Crippen molar-refractivity contribution >= 4 is 35.0 Å². The third-order valence-electron chi connectivity index (χ3n) is 1.94. The van der Waals surface area contributed by atoms with E-state index in [1.165, 1.54) is 11.8 Å². The highest BCUT2D eigenvalue weighted by atomic mass is 35.5. The number of amides is 1. The fourth-order valence-corrected chi connectivity index (χ4v) is 1.95. The van der Waals surface area contributed by atoms with E-state index in [0.717, 1.165) is 10.8 Å². The highest BCUT2D eigenvalue weighted by Gasteiger charge is 2.04. The van der Waals surface area contributed by atoms with Crippen molar-refractivity contribution in [2.75, 3.05) is 11.1 Å². The van der Waals surface area contributed by atoms with Crippen LogP contribution in [0.3, 0.4) is 0 Å². The maximum absolute atomic E-state index is 11.6. The van der Waals surface area contributed by atoms with Gasteiger partial charge in [0, 0.05) is 23.1 Å². The molecule has 2 rings (SSSR count). The Bertz CT molecular complexity index is 484. The van der Waals surface area contributed by atoms with E-state index in [1.54, 1.807) is 36.7 Å². The van der Waals surface area contributed by atoms with Crippen LogP contribution in [0.2, 0.25) is 5.02 Å². The van der Waals surface area contributed by atoms with Crippen molar-refractivity contribution in [2.45, 2.75) is 5.16 Å². The minimum absolute atomic E-state index is 0.0753. The number of hydrogen-bond acceptors (Lipinski definition) is 3. The van der Waals surface area contributed by atoms with Crippen LogP contribution in [0.1, 0.15) is 0 Å². The summed E-state index contributed by atoms with van der Waals surface area (Å²) in [5.41, 5.74) is 0.736. The molecule has 0 aliphatic carbocycles. The van der Waals surface area contributed by atoms with E-state index in [1.807, 2.05) is 0 Å². The van der Waals surface area contributed by atoms with Gasteiger partial charge in [0.25, 0.3) is 0 Å². The second kappa shape index (κ2) is 5.75. The van der Waals surface area contributed by atoms with Gasteiger partial charge >= 0.3 is 0 Å². The summed E-state index contributed by atoms with van der Waals surface area (Å²) in [5, 5.41) is 4.15. The number of anilines is 1. The predicted molar refractivity (Wildman–Crippen MR) is 69.4 cm³/mol. The summed E-state index contributed by atoms with van der Waals surface area (Å²) < 4.78 is 0. The van der Waals surface area contributed by atoms with Gasteiger partial charge in [-0.2, -0.15) is 0 Å². The molecule has 0 unspecified atom stereocenters. The van der Waals surface area contributed by atoms with Crippen LogP contribution in [0.5, 0.6) is 0 Å². The maximum atomic E-state index is 11.6. The molecule has 0 aliphatic heterocycles. The van der Waals surface area contributed by atoms with E-state index in [2.05, 4.69) is 15.3 Å². The Hall–Kier alpha value is -1.46. The molecule has 1 aromatic heterocycles. The zero-order chi connectivity index (χ0) is 12.1. The number of carbonyl (C=O) groups is 1. The Morgan fingerprint density at radius 3 is 2.82 bits per heavy atom. The summed E-state index contributed by atoms with van der Waals surface area (Å²) in [6, 6.07) is 6.99. The van der Waals surface area contributed by atoms with Gasteiger partial charge in [0.15, 0.2) is 5.16 Å². The number of imidazole rings is 1. The lowest BCUT2D eigenvalue weighted by Crippen LogP contribution is -2.13. The van der Waals surface area contributed by atoms with Crippen molar-refractivity contribution in [3.8, 4) is 0 Å². The van der Waals surface area contributed by atoms with Gasteiger partial charge in [-0.1, -0.05) is 23.4 Å². The van der Waals surface area contributed by atoms with Crippen LogP contribution < -0.4 is 5.32 Å². The summed E-state index contributed by atoms with van der Waals surface area (Å²) in [5.74, 6) is 0.240. The molecular formula is C11H10ClN3OS. The highest BCUT2D eigenvalue weighted by molar-refractivity contribution is 7.99. The Balaban J connectivity index is 1.83. The minimum Gasteiger partial charge on any atom is -0.340 e. The third-order valence-corrected chi connectivity index (χ3v) is 3.10. The number of aromatic amines is 1. The maximum Gasteiger partial charge on any atom is 0.234 e. The van der Waals surface area contributed by atoms with E-state index in [0.29, 0.717) is 10.8 Å². The van der Waals surface area contributed by atoms with Gasteiger partial charge < -0.3 is 10.3 Å². The molecule has 0 saturated heterocycles. The quantitative estimate of drug-likeness (QED) is 0.838. The minimum atomic E-state index is -0.0753. The first-order valence-corrected chi connectivity index (χ1v) is 6.28. The molecule has 88 valence electrons. The molecule has 17 heavy (non-hydrogen) atoms. The number of aromatic nitrogens is 2. The Morgan fingerprint density at radius 1 is 1.41 bits per heavy atom. The van der Waals surface area contributed by atoms with E-state index in [4.69, 9.17) is 11.6 Å². The molecule has 2 N–H and O–H groups in total. The first-order chi connectivity index (χ1) is 8.24. The van der Waals surface area contributed by atoms with Crippen LogP contribution in [0, 0.1) is 0 Å². The molecule has 6 heteroatoms. The van der Waals surface area contributed by atoms with Gasteiger partial charge in [-0.3, -0.25) is 4.79 Å². The van der Waals surface area contributed by atoms with Crippen LogP contribution >= 0.6 is 23.4 Å². The van der Waals surface area contributed by atoms with Gasteiger partial charge in [-0.15, -0.1) is 0 Å². The standard InChI is InChI=1S/C11H10ClN3OS/c12-8-1-3-9(4-2-8)15-10(16)7-17-11-13-5-6-14-11/h1-6H,7H2,(H,13,14)(H,15,16). The number of thioether (sulfide) groups is 1. The lowest BCUT2D eigenvalue weighted by molar-refractivity contribution is -0.113. The average molecular weight is 268 g/mol. The van der Waals surface area contributed by atoms with Crippen molar-refractivity contribution in [1.29, 1.82) is 0 Å². The Labute approximate surface area is 108 Å². The second-order valence-electron chi connectivity index (χ2n) is 3.24. The number of rotatable bonds is 4. The fourth-order valence-electron chi connectivity index (χ4n) is 1.19. The molecule has 0 aliphatic rings. The first-order valence-electron chi connectivity index (χ1n) is 4.91. The molecule has 1 amide bonds. The van der Waals surface area contributed by atoms with Gasteiger partial charge in [-0.05, 0) is 24.3 Å². The summed E-state index contributed by atoms with van der Waals surface area (Å²) in [4.78, 5) is 18.5. The van der Waals surface area contributed by atoms with Gasteiger partial charge in [-0.25, -0.2) is 4.98 Å². The first kappa shape index (κ1) is 12.0. The largest absolute Gasteiger partial charge is 0.340 e. The van der Waals surface area contributed by atoms with Crippen LogP contribution in [-0.4, -0.2) is 21.6 Å². The number of benzene rings is 1. The number of nitrogens with zero attached hydrogens (tertiary/aromatic N) is 1. The Kier molecular flexibility index (Phi) is 4.06. The van der Waals surface area contributed by atoms with E-state index >= 15 is 0 Å². The number of nitrogens with one attached hydrogen (secondary N) is 2. The smallest absolute Gasteiger partial charge is 0.234 e. The molecule has 0 saturated carbocycles. The van der Waals surface area contributed by atoms with Crippen LogP contribution in [0.15, 0.2) is 41.8 Å². The zero-order valence-electron chi connectivity index (χ0n) is 8.81. The molecule has 0 fully saturated rings. The normalized spacial score (nSPS) is 10.2. The predicted octanol–water partition coefficient (Wildman–Crippen LogP) is 2.79. The summed E-state index contributed by atoms with van der Waals surface area (Å²) in [6.45, 7) is 0. The van der Waals surface area contributed by atoms with Crippen LogP contribution in [0.25, 0.3) is 0 Å². The SMILES string of the molecule is O=C(CSc1ncc[nH]1)Nc1ccc(Cl)cc1. The number of halogens is 1. The van der Waals surface area contributed by atoms with Crippen molar-refractivity contribution in [1.82, 2.24) is 9.97 Å². The van der Waals surface area contributed by atoms with Gasteiger partial charge in [0.1, 0.15) is 0 Å². The highest BCUT2D eigenvalue weighted by Crippen LogP contribution is 2.15. The molecule has 0 atom stereocenters. The zero-order valence-corrected chi connectivity index (χ0v) is 10.4. The van der Waals surface area contributed by atoms with E-state index < -0.39 is 0 Å². The average Bonchev–Trinajstić information content (AvgIpc) is 2.83. The molecule has 4 nitrogen and oxygen atoms in total.